The summed E-state index contributed by atoms with van der Waals surface area (Å²) < 4.78 is 2.03. The Bertz CT molecular complexity index is 301. The van der Waals surface area contributed by atoms with Gasteiger partial charge in [-0.3, -0.25) is 4.68 Å². The molecule has 1 aliphatic rings. The highest BCUT2D eigenvalue weighted by Crippen LogP contribution is 2.25. The van der Waals surface area contributed by atoms with Gasteiger partial charge in [0.2, 0.25) is 0 Å². The van der Waals surface area contributed by atoms with Crippen LogP contribution in [0.4, 0.5) is 0 Å². The van der Waals surface area contributed by atoms with E-state index in [4.69, 9.17) is 0 Å². The van der Waals surface area contributed by atoms with Crippen LogP contribution in [-0.4, -0.2) is 27.9 Å². The van der Waals surface area contributed by atoms with Gasteiger partial charge >= 0.3 is 0 Å². The van der Waals surface area contributed by atoms with Crippen LogP contribution in [0.25, 0.3) is 0 Å². The predicted molar refractivity (Wildman–Crippen MR) is 55.0 cm³/mol. The largest absolute Gasteiger partial charge is 0.316 e. The summed E-state index contributed by atoms with van der Waals surface area (Å²) in [6.07, 6.45) is 3.83. The van der Waals surface area contributed by atoms with Gasteiger partial charge in [0.15, 0.2) is 0 Å². The van der Waals surface area contributed by atoms with Gasteiger partial charge in [-0.15, -0.1) is 0 Å². The van der Waals surface area contributed by atoms with Crippen molar-refractivity contribution in [1.82, 2.24) is 20.1 Å². The lowest BCUT2D eigenvalue weighted by Crippen LogP contribution is -2.52. The third-order valence-electron chi connectivity index (χ3n) is 2.82. The normalized spacial score (nSPS) is 19.3. The second-order valence-electron chi connectivity index (χ2n) is 4.49. The first-order chi connectivity index (χ1) is 6.73. The Balaban J connectivity index is 2.04. The summed E-state index contributed by atoms with van der Waals surface area (Å²) in [5.41, 5.74) is 0.401. The van der Waals surface area contributed by atoms with Crippen molar-refractivity contribution in [2.45, 2.75) is 33.2 Å². The molecule has 2 rings (SSSR count). The van der Waals surface area contributed by atoms with Crippen molar-refractivity contribution in [3.63, 3.8) is 0 Å². The van der Waals surface area contributed by atoms with Crippen molar-refractivity contribution in [2.24, 2.45) is 5.41 Å². The molecule has 14 heavy (non-hydrogen) atoms. The molecule has 0 bridgehead atoms. The molecular formula is C10H18N4. The summed E-state index contributed by atoms with van der Waals surface area (Å²) in [6, 6.07) is 0. The maximum Gasteiger partial charge on any atom is 0.138 e. The van der Waals surface area contributed by atoms with Gasteiger partial charge in [0.25, 0.3) is 0 Å². The average molecular weight is 194 g/mol. The maximum atomic E-state index is 4.33. The van der Waals surface area contributed by atoms with E-state index in [2.05, 4.69) is 29.2 Å². The van der Waals surface area contributed by atoms with Crippen LogP contribution in [-0.2, 0) is 13.0 Å². The topological polar surface area (TPSA) is 42.7 Å². The highest BCUT2D eigenvalue weighted by atomic mass is 15.3. The number of nitrogens with zero attached hydrogens (tertiary/aromatic N) is 3. The Morgan fingerprint density at radius 2 is 2.36 bits per heavy atom. The molecule has 4 heteroatoms. The monoisotopic (exact) mass is 194 g/mol. The van der Waals surface area contributed by atoms with E-state index in [1.165, 1.54) is 0 Å². The number of nitrogens with one attached hydrogen (secondary N) is 1. The quantitative estimate of drug-likeness (QED) is 0.772. The summed E-state index contributed by atoms with van der Waals surface area (Å²) in [5.74, 6) is 1.14. The molecule has 1 N–H and O–H groups in total. The van der Waals surface area contributed by atoms with Crippen LogP contribution in [0.2, 0.25) is 0 Å². The highest BCUT2D eigenvalue weighted by Gasteiger charge is 2.33. The lowest BCUT2D eigenvalue weighted by Gasteiger charge is -2.39. The summed E-state index contributed by atoms with van der Waals surface area (Å²) >= 11 is 0. The van der Waals surface area contributed by atoms with Gasteiger partial charge in [-0.05, 0) is 11.8 Å². The molecule has 0 radical (unpaired) electrons. The summed E-state index contributed by atoms with van der Waals surface area (Å²) in [4.78, 5) is 4.33. The first-order valence-corrected chi connectivity index (χ1v) is 5.31. The molecule has 1 fully saturated rings. The van der Waals surface area contributed by atoms with E-state index in [-0.39, 0.29) is 0 Å². The third kappa shape index (κ3) is 1.80. The van der Waals surface area contributed by atoms with E-state index in [1.807, 2.05) is 4.68 Å². The molecule has 0 amide bonds. The number of aromatic nitrogens is 3. The van der Waals surface area contributed by atoms with Crippen LogP contribution in [0.5, 0.6) is 0 Å². The first kappa shape index (κ1) is 9.65. The van der Waals surface area contributed by atoms with Crippen molar-refractivity contribution < 1.29 is 0 Å². The van der Waals surface area contributed by atoms with Crippen LogP contribution >= 0.6 is 0 Å². The lowest BCUT2D eigenvalue weighted by molar-refractivity contribution is 0.189. The fourth-order valence-electron chi connectivity index (χ4n) is 1.88. The Labute approximate surface area is 84.7 Å². The van der Waals surface area contributed by atoms with Gasteiger partial charge in [-0.2, -0.15) is 5.10 Å². The SMILES string of the molecule is CCCn1ncnc1CC1(C)CNC1. The molecule has 0 saturated carbocycles. The van der Waals surface area contributed by atoms with Gasteiger partial charge in [-0.25, -0.2) is 4.98 Å². The van der Waals surface area contributed by atoms with E-state index in [9.17, 15) is 0 Å². The Kier molecular flexibility index (Phi) is 2.54. The highest BCUT2D eigenvalue weighted by molar-refractivity contribution is 4.98. The zero-order valence-corrected chi connectivity index (χ0v) is 8.95. The maximum absolute atomic E-state index is 4.33. The van der Waals surface area contributed by atoms with Crippen LogP contribution in [0.15, 0.2) is 6.33 Å². The molecule has 1 saturated heterocycles. The van der Waals surface area contributed by atoms with E-state index < -0.39 is 0 Å². The lowest BCUT2D eigenvalue weighted by atomic mass is 9.80. The second kappa shape index (κ2) is 3.69. The minimum Gasteiger partial charge on any atom is -0.316 e. The molecule has 0 unspecified atom stereocenters. The Morgan fingerprint density at radius 1 is 1.57 bits per heavy atom. The fourth-order valence-corrected chi connectivity index (χ4v) is 1.88. The van der Waals surface area contributed by atoms with E-state index in [0.29, 0.717) is 5.41 Å². The van der Waals surface area contributed by atoms with Gasteiger partial charge in [0.1, 0.15) is 12.2 Å². The molecule has 78 valence electrons. The Hall–Kier alpha value is -0.900. The smallest absolute Gasteiger partial charge is 0.138 e. The van der Waals surface area contributed by atoms with Crippen molar-refractivity contribution in [1.29, 1.82) is 0 Å². The van der Waals surface area contributed by atoms with Gasteiger partial charge in [0.05, 0.1) is 0 Å². The zero-order valence-electron chi connectivity index (χ0n) is 8.95. The van der Waals surface area contributed by atoms with Crippen molar-refractivity contribution in [3.8, 4) is 0 Å². The van der Waals surface area contributed by atoms with Gasteiger partial charge in [0, 0.05) is 26.1 Å². The number of aryl methyl sites for hydroxylation is 1. The number of hydrogen-bond acceptors (Lipinski definition) is 3. The third-order valence-corrected chi connectivity index (χ3v) is 2.82. The standard InChI is InChI=1S/C10H18N4/c1-3-4-14-9(12-8-13-14)5-10(2)6-11-7-10/h8,11H,3-7H2,1-2H3. The van der Waals surface area contributed by atoms with Crippen LogP contribution in [0.3, 0.4) is 0 Å². The summed E-state index contributed by atoms with van der Waals surface area (Å²) in [5, 5.41) is 7.54. The molecule has 0 spiro atoms. The minimum atomic E-state index is 0.401. The van der Waals surface area contributed by atoms with Crippen molar-refractivity contribution >= 4 is 0 Å². The van der Waals surface area contributed by atoms with Crippen LogP contribution < -0.4 is 5.32 Å². The van der Waals surface area contributed by atoms with Gasteiger partial charge < -0.3 is 5.32 Å². The molecule has 1 aliphatic heterocycles. The number of hydrogen-bond donors (Lipinski definition) is 1. The van der Waals surface area contributed by atoms with E-state index in [0.717, 1.165) is 38.3 Å². The molecule has 0 aliphatic carbocycles. The average Bonchev–Trinajstić information content (AvgIpc) is 2.51. The van der Waals surface area contributed by atoms with Gasteiger partial charge in [-0.1, -0.05) is 13.8 Å². The molecule has 0 atom stereocenters. The van der Waals surface area contributed by atoms with E-state index >= 15 is 0 Å². The summed E-state index contributed by atoms with van der Waals surface area (Å²) in [6.45, 7) is 7.66. The fraction of sp³-hybridized carbons (Fsp3) is 0.800. The molecular weight excluding hydrogens is 176 g/mol. The van der Waals surface area contributed by atoms with Crippen molar-refractivity contribution in [2.75, 3.05) is 13.1 Å². The molecule has 2 heterocycles. The predicted octanol–water partition coefficient (Wildman–Crippen LogP) is 0.840. The molecule has 1 aromatic rings. The first-order valence-electron chi connectivity index (χ1n) is 5.31. The van der Waals surface area contributed by atoms with Crippen LogP contribution in [0.1, 0.15) is 26.1 Å². The minimum absolute atomic E-state index is 0.401. The second-order valence-corrected chi connectivity index (χ2v) is 4.49. The van der Waals surface area contributed by atoms with Crippen molar-refractivity contribution in [3.05, 3.63) is 12.2 Å². The molecule has 4 nitrogen and oxygen atoms in total. The number of rotatable bonds is 4. The summed E-state index contributed by atoms with van der Waals surface area (Å²) in [7, 11) is 0. The molecule has 1 aromatic heterocycles. The van der Waals surface area contributed by atoms with E-state index in [1.54, 1.807) is 6.33 Å². The molecule has 0 aromatic carbocycles. The Morgan fingerprint density at radius 3 is 2.93 bits per heavy atom. The van der Waals surface area contributed by atoms with Crippen LogP contribution in [0, 0.1) is 5.41 Å². The zero-order chi connectivity index (χ0) is 10.0.